The maximum Gasteiger partial charge on any atom is 0.253 e. The summed E-state index contributed by atoms with van der Waals surface area (Å²) in [5, 5.41) is 5.77. The molecule has 0 aromatic heterocycles. The van der Waals surface area contributed by atoms with Crippen LogP contribution in [0.5, 0.6) is 0 Å². The number of hydrogen-bond acceptors (Lipinski definition) is 4. The first-order valence-corrected chi connectivity index (χ1v) is 11.4. The first kappa shape index (κ1) is 22.9. The number of nitrogens with zero attached hydrogens (tertiary/aromatic N) is 1. The molecule has 2 aliphatic heterocycles. The maximum absolute atomic E-state index is 13.4. The van der Waals surface area contributed by atoms with E-state index in [0.717, 1.165) is 19.4 Å². The van der Waals surface area contributed by atoms with Gasteiger partial charge in [-0.25, -0.2) is 4.39 Å². The SMILES string of the molecule is O=C(NC[C@@H]1CCCO1)c1ccccc1NC(=O)C1CCN(C(=O)c2cccc(F)c2)CC1. The van der Waals surface area contributed by atoms with Crippen molar-refractivity contribution >= 4 is 23.4 Å². The predicted molar refractivity (Wildman–Crippen MR) is 121 cm³/mol. The number of piperidine rings is 1. The first-order valence-electron chi connectivity index (χ1n) is 11.4. The van der Waals surface area contributed by atoms with Gasteiger partial charge in [0.25, 0.3) is 11.8 Å². The van der Waals surface area contributed by atoms with E-state index in [0.29, 0.717) is 49.3 Å². The summed E-state index contributed by atoms with van der Waals surface area (Å²) < 4.78 is 19.0. The Bertz CT molecular complexity index is 1010. The lowest BCUT2D eigenvalue weighted by molar-refractivity contribution is -0.121. The molecule has 0 bridgehead atoms. The van der Waals surface area contributed by atoms with Crippen LogP contribution in [0.1, 0.15) is 46.4 Å². The first-order chi connectivity index (χ1) is 16.0. The van der Waals surface area contributed by atoms with E-state index in [4.69, 9.17) is 4.74 Å². The fourth-order valence-corrected chi connectivity index (χ4v) is 4.28. The van der Waals surface area contributed by atoms with Crippen molar-refractivity contribution in [2.45, 2.75) is 31.8 Å². The number of amides is 3. The van der Waals surface area contributed by atoms with E-state index in [1.807, 2.05) is 0 Å². The number of halogens is 1. The molecule has 8 heteroatoms. The van der Waals surface area contributed by atoms with Gasteiger partial charge in [-0.3, -0.25) is 14.4 Å². The third-order valence-corrected chi connectivity index (χ3v) is 6.17. The summed E-state index contributed by atoms with van der Waals surface area (Å²) in [5.41, 5.74) is 1.18. The van der Waals surface area contributed by atoms with Crippen LogP contribution in [0.2, 0.25) is 0 Å². The Morgan fingerprint density at radius 1 is 1.03 bits per heavy atom. The lowest BCUT2D eigenvalue weighted by Crippen LogP contribution is -2.41. The van der Waals surface area contributed by atoms with Gasteiger partial charge in [-0.15, -0.1) is 0 Å². The molecule has 2 N–H and O–H groups in total. The summed E-state index contributed by atoms with van der Waals surface area (Å²) in [6.07, 6.45) is 2.97. The molecule has 2 aromatic carbocycles. The smallest absolute Gasteiger partial charge is 0.253 e. The van der Waals surface area contributed by atoms with Crippen LogP contribution in [0.25, 0.3) is 0 Å². The largest absolute Gasteiger partial charge is 0.376 e. The zero-order valence-corrected chi connectivity index (χ0v) is 18.4. The summed E-state index contributed by atoms with van der Waals surface area (Å²) in [6.45, 7) is 1.99. The Morgan fingerprint density at radius 2 is 1.82 bits per heavy atom. The highest BCUT2D eigenvalue weighted by Gasteiger charge is 2.28. The zero-order chi connectivity index (χ0) is 23.2. The quantitative estimate of drug-likeness (QED) is 0.703. The van der Waals surface area contributed by atoms with Gasteiger partial charge in [0.05, 0.1) is 17.4 Å². The number of rotatable bonds is 6. The molecule has 2 fully saturated rings. The number of benzene rings is 2. The number of likely N-dealkylation sites (tertiary alicyclic amines) is 1. The molecule has 0 spiro atoms. The lowest BCUT2D eigenvalue weighted by atomic mass is 9.95. The molecule has 4 rings (SSSR count). The molecule has 33 heavy (non-hydrogen) atoms. The summed E-state index contributed by atoms with van der Waals surface area (Å²) in [6, 6.07) is 12.5. The predicted octanol–water partition coefficient (Wildman–Crippen LogP) is 3.23. The van der Waals surface area contributed by atoms with Crippen molar-refractivity contribution in [3.8, 4) is 0 Å². The Morgan fingerprint density at radius 3 is 2.55 bits per heavy atom. The number of ether oxygens (including phenoxy) is 1. The minimum Gasteiger partial charge on any atom is -0.376 e. The number of anilines is 1. The Balaban J connectivity index is 1.32. The molecule has 0 saturated carbocycles. The summed E-state index contributed by atoms with van der Waals surface area (Å²) in [4.78, 5) is 39.8. The second kappa shape index (κ2) is 10.6. The van der Waals surface area contributed by atoms with Crippen LogP contribution < -0.4 is 10.6 Å². The molecule has 2 heterocycles. The van der Waals surface area contributed by atoms with Gasteiger partial charge in [0.1, 0.15) is 5.82 Å². The van der Waals surface area contributed by atoms with E-state index >= 15 is 0 Å². The molecule has 174 valence electrons. The van der Waals surface area contributed by atoms with E-state index in [1.165, 1.54) is 18.2 Å². The Labute approximate surface area is 192 Å². The van der Waals surface area contributed by atoms with Crippen molar-refractivity contribution in [3.05, 3.63) is 65.5 Å². The minimum atomic E-state index is -0.450. The van der Waals surface area contributed by atoms with E-state index in [2.05, 4.69) is 10.6 Å². The van der Waals surface area contributed by atoms with Gasteiger partial charge in [0.2, 0.25) is 5.91 Å². The fraction of sp³-hybridized carbons (Fsp3) is 0.400. The van der Waals surface area contributed by atoms with Gasteiger partial charge >= 0.3 is 0 Å². The molecule has 0 unspecified atom stereocenters. The van der Waals surface area contributed by atoms with Crippen LogP contribution in [0.15, 0.2) is 48.5 Å². The van der Waals surface area contributed by atoms with Crippen LogP contribution in [0.4, 0.5) is 10.1 Å². The van der Waals surface area contributed by atoms with Crippen LogP contribution in [-0.4, -0.2) is 55.0 Å². The average Bonchev–Trinajstić information content (AvgIpc) is 3.36. The number of para-hydroxylation sites is 1. The van der Waals surface area contributed by atoms with E-state index in [1.54, 1.807) is 35.2 Å². The van der Waals surface area contributed by atoms with Gasteiger partial charge < -0.3 is 20.3 Å². The molecule has 2 saturated heterocycles. The van der Waals surface area contributed by atoms with Crippen molar-refractivity contribution < 1.29 is 23.5 Å². The maximum atomic E-state index is 13.4. The van der Waals surface area contributed by atoms with Crippen molar-refractivity contribution in [2.75, 3.05) is 31.6 Å². The zero-order valence-electron chi connectivity index (χ0n) is 18.4. The van der Waals surface area contributed by atoms with Crippen LogP contribution in [0, 0.1) is 11.7 Å². The normalized spacial score (nSPS) is 18.7. The molecule has 1 atom stereocenters. The number of nitrogens with one attached hydrogen (secondary N) is 2. The van der Waals surface area contributed by atoms with E-state index in [9.17, 15) is 18.8 Å². The van der Waals surface area contributed by atoms with Crippen LogP contribution in [-0.2, 0) is 9.53 Å². The molecule has 7 nitrogen and oxygen atoms in total. The molecule has 2 aliphatic rings. The van der Waals surface area contributed by atoms with Gasteiger partial charge in [-0.1, -0.05) is 18.2 Å². The van der Waals surface area contributed by atoms with Gasteiger partial charge in [-0.2, -0.15) is 0 Å². The van der Waals surface area contributed by atoms with E-state index < -0.39 is 5.82 Å². The Kier molecular flexibility index (Phi) is 7.34. The van der Waals surface area contributed by atoms with Crippen molar-refractivity contribution in [1.82, 2.24) is 10.2 Å². The highest BCUT2D eigenvalue weighted by molar-refractivity contribution is 6.04. The van der Waals surface area contributed by atoms with Gasteiger partial charge in [0, 0.05) is 37.7 Å². The minimum absolute atomic E-state index is 0.0379. The van der Waals surface area contributed by atoms with E-state index in [-0.39, 0.29) is 29.7 Å². The summed E-state index contributed by atoms with van der Waals surface area (Å²) in [5.74, 6) is -1.39. The lowest BCUT2D eigenvalue weighted by Gasteiger charge is -2.31. The Hall–Kier alpha value is -3.26. The third-order valence-electron chi connectivity index (χ3n) is 6.17. The molecular weight excluding hydrogens is 425 g/mol. The van der Waals surface area contributed by atoms with Crippen molar-refractivity contribution in [2.24, 2.45) is 5.92 Å². The fourth-order valence-electron chi connectivity index (χ4n) is 4.28. The second-order valence-corrected chi connectivity index (χ2v) is 8.46. The van der Waals surface area contributed by atoms with Crippen molar-refractivity contribution in [1.29, 1.82) is 0 Å². The third kappa shape index (κ3) is 5.76. The molecule has 2 aromatic rings. The summed E-state index contributed by atoms with van der Waals surface area (Å²) >= 11 is 0. The molecule has 3 amide bonds. The molecular formula is C25H28FN3O4. The summed E-state index contributed by atoms with van der Waals surface area (Å²) in [7, 11) is 0. The standard InChI is InChI=1S/C25H28FN3O4/c26-19-6-3-5-18(15-19)25(32)29-12-10-17(11-13-29)23(30)28-22-9-2-1-8-21(22)24(31)27-16-20-7-4-14-33-20/h1-3,5-6,8-9,15,17,20H,4,7,10-14,16H2,(H,27,31)(H,28,30)/t20-/m0/s1. The average molecular weight is 454 g/mol. The number of hydrogen-bond donors (Lipinski definition) is 2. The van der Waals surface area contributed by atoms with Crippen LogP contribution in [0.3, 0.4) is 0 Å². The van der Waals surface area contributed by atoms with Gasteiger partial charge in [0.15, 0.2) is 0 Å². The molecule has 0 aliphatic carbocycles. The topological polar surface area (TPSA) is 87.7 Å². The molecule has 0 radical (unpaired) electrons. The second-order valence-electron chi connectivity index (χ2n) is 8.46. The van der Waals surface area contributed by atoms with Crippen molar-refractivity contribution in [3.63, 3.8) is 0 Å². The highest BCUT2D eigenvalue weighted by Crippen LogP contribution is 2.23. The monoisotopic (exact) mass is 453 g/mol. The highest BCUT2D eigenvalue weighted by atomic mass is 19.1. The number of carbonyl (C=O) groups excluding carboxylic acids is 3. The van der Waals surface area contributed by atoms with Gasteiger partial charge in [-0.05, 0) is 56.0 Å². The van der Waals surface area contributed by atoms with Crippen LogP contribution >= 0.6 is 0 Å². The number of carbonyl (C=O) groups is 3.